The Morgan fingerprint density at radius 1 is 1.31 bits per heavy atom. The maximum atomic E-state index is 13.0. The average Bonchev–Trinajstić information content (AvgIpc) is 3.37. The molecule has 1 aromatic heterocycles. The minimum Gasteiger partial charge on any atom is -0.461 e. The summed E-state index contributed by atoms with van der Waals surface area (Å²) in [4.78, 5) is 23.0. The molecule has 2 heterocycles. The summed E-state index contributed by atoms with van der Waals surface area (Å²) in [5.74, 6) is -0.309. The summed E-state index contributed by atoms with van der Waals surface area (Å²) in [5.41, 5.74) is 3.24. The SMILES string of the molecule is CN(C)c1ccc(-c2nc3c(s2)C(O)CCC3)c(C(=O)OCCN2CCCC2)c1. The van der Waals surface area contributed by atoms with Crippen LogP contribution in [0.3, 0.4) is 0 Å². The molecule has 2 aliphatic rings. The summed E-state index contributed by atoms with van der Waals surface area (Å²) in [7, 11) is 3.91. The molecule has 1 saturated heterocycles. The summed E-state index contributed by atoms with van der Waals surface area (Å²) in [6.45, 7) is 3.36. The molecule has 1 unspecified atom stereocenters. The van der Waals surface area contributed by atoms with Gasteiger partial charge in [-0.1, -0.05) is 0 Å². The van der Waals surface area contributed by atoms with Gasteiger partial charge in [-0.25, -0.2) is 9.78 Å². The Morgan fingerprint density at radius 2 is 2.10 bits per heavy atom. The van der Waals surface area contributed by atoms with Crippen molar-refractivity contribution in [1.29, 1.82) is 0 Å². The number of aryl methyl sites for hydroxylation is 1. The molecule has 0 radical (unpaired) electrons. The van der Waals surface area contributed by atoms with Crippen molar-refractivity contribution in [2.24, 2.45) is 0 Å². The first-order valence-corrected chi connectivity index (χ1v) is 11.2. The third-order valence-electron chi connectivity index (χ3n) is 5.73. The van der Waals surface area contributed by atoms with Crippen LogP contribution in [0.25, 0.3) is 10.6 Å². The van der Waals surface area contributed by atoms with Gasteiger partial charge < -0.3 is 14.7 Å². The minimum atomic E-state index is -0.443. The molecule has 1 aliphatic carbocycles. The Hall–Kier alpha value is -1.96. The number of carbonyl (C=O) groups excluding carboxylic acids is 1. The number of hydrogen-bond acceptors (Lipinski definition) is 7. The number of hydrogen-bond donors (Lipinski definition) is 1. The molecule has 1 N–H and O–H groups in total. The molecule has 156 valence electrons. The zero-order valence-corrected chi connectivity index (χ0v) is 18.0. The highest BCUT2D eigenvalue weighted by molar-refractivity contribution is 7.15. The number of rotatable bonds is 6. The predicted octanol–water partition coefficient (Wildman–Crippen LogP) is 3.50. The number of thiazole rings is 1. The van der Waals surface area contributed by atoms with Gasteiger partial charge >= 0.3 is 5.97 Å². The number of aromatic nitrogens is 1. The topological polar surface area (TPSA) is 65.9 Å². The number of ether oxygens (including phenoxy) is 1. The average molecular weight is 416 g/mol. The summed E-state index contributed by atoms with van der Waals surface area (Å²) in [6, 6.07) is 5.82. The second-order valence-corrected chi connectivity index (χ2v) is 9.08. The highest BCUT2D eigenvalue weighted by atomic mass is 32.1. The molecule has 0 spiro atoms. The molecule has 1 atom stereocenters. The van der Waals surface area contributed by atoms with Crippen LogP contribution >= 0.6 is 11.3 Å². The van der Waals surface area contributed by atoms with Crippen molar-refractivity contribution < 1.29 is 14.6 Å². The fourth-order valence-corrected chi connectivity index (χ4v) is 5.20. The maximum Gasteiger partial charge on any atom is 0.338 e. The number of aliphatic hydroxyl groups is 1. The van der Waals surface area contributed by atoms with Gasteiger partial charge in [0.25, 0.3) is 0 Å². The van der Waals surface area contributed by atoms with Crippen LogP contribution in [0.5, 0.6) is 0 Å². The van der Waals surface area contributed by atoms with Gasteiger partial charge in [-0.15, -0.1) is 11.3 Å². The summed E-state index contributed by atoms with van der Waals surface area (Å²) < 4.78 is 5.64. The number of nitrogens with zero attached hydrogens (tertiary/aromatic N) is 3. The van der Waals surface area contributed by atoms with Gasteiger partial charge in [0.1, 0.15) is 11.6 Å². The smallest absolute Gasteiger partial charge is 0.338 e. The molecular weight excluding hydrogens is 386 g/mol. The molecule has 1 aromatic carbocycles. The highest BCUT2D eigenvalue weighted by Gasteiger charge is 2.25. The van der Waals surface area contributed by atoms with Crippen LogP contribution in [0.2, 0.25) is 0 Å². The minimum absolute atomic E-state index is 0.309. The van der Waals surface area contributed by atoms with Crippen LogP contribution in [0, 0.1) is 0 Å². The van der Waals surface area contributed by atoms with E-state index in [1.807, 2.05) is 37.2 Å². The first kappa shape index (κ1) is 20.3. The Kier molecular flexibility index (Phi) is 6.18. The Labute approximate surface area is 176 Å². The van der Waals surface area contributed by atoms with E-state index in [-0.39, 0.29) is 5.97 Å². The van der Waals surface area contributed by atoms with E-state index in [1.54, 1.807) is 0 Å². The van der Waals surface area contributed by atoms with Crippen molar-refractivity contribution >= 4 is 23.0 Å². The number of carbonyl (C=O) groups is 1. The van der Waals surface area contributed by atoms with Crippen molar-refractivity contribution in [3.8, 4) is 10.6 Å². The van der Waals surface area contributed by atoms with Crippen LogP contribution < -0.4 is 4.90 Å². The van der Waals surface area contributed by atoms with Crippen molar-refractivity contribution in [1.82, 2.24) is 9.88 Å². The lowest BCUT2D eigenvalue weighted by atomic mass is 10.0. The normalized spacial score (nSPS) is 19.2. The standard InChI is InChI=1S/C22H29N3O3S/c1-24(2)15-8-9-16(21-23-18-6-5-7-19(26)20(18)29-21)17(14-15)22(27)28-13-12-25-10-3-4-11-25/h8-9,14,19,26H,3-7,10-13H2,1-2H3. The number of anilines is 1. The molecule has 1 aliphatic heterocycles. The predicted molar refractivity (Wildman–Crippen MR) is 116 cm³/mol. The van der Waals surface area contributed by atoms with Gasteiger partial charge in [-0.3, -0.25) is 4.90 Å². The second-order valence-electron chi connectivity index (χ2n) is 8.05. The van der Waals surface area contributed by atoms with Crippen molar-refractivity contribution in [3.63, 3.8) is 0 Å². The lowest BCUT2D eigenvalue weighted by Crippen LogP contribution is -2.25. The van der Waals surface area contributed by atoms with Crippen molar-refractivity contribution in [2.45, 2.75) is 38.2 Å². The molecule has 1 fully saturated rings. The fraction of sp³-hybridized carbons (Fsp3) is 0.545. The summed E-state index contributed by atoms with van der Waals surface area (Å²) in [6.07, 6.45) is 4.62. The number of esters is 1. The van der Waals surface area contributed by atoms with E-state index >= 15 is 0 Å². The van der Waals surface area contributed by atoms with Crippen LogP contribution in [-0.4, -0.2) is 61.3 Å². The van der Waals surface area contributed by atoms with E-state index in [9.17, 15) is 9.90 Å². The van der Waals surface area contributed by atoms with E-state index in [4.69, 9.17) is 9.72 Å². The maximum absolute atomic E-state index is 13.0. The monoisotopic (exact) mass is 415 g/mol. The number of fused-ring (bicyclic) bond motifs is 1. The van der Waals surface area contributed by atoms with Gasteiger partial charge in [0.2, 0.25) is 0 Å². The number of benzene rings is 1. The van der Waals surface area contributed by atoms with Crippen LogP contribution in [-0.2, 0) is 11.2 Å². The largest absolute Gasteiger partial charge is 0.461 e. The zero-order chi connectivity index (χ0) is 20.4. The molecule has 2 aromatic rings. The highest BCUT2D eigenvalue weighted by Crippen LogP contribution is 2.39. The van der Waals surface area contributed by atoms with Crippen LogP contribution in [0.4, 0.5) is 5.69 Å². The Balaban J connectivity index is 1.59. The van der Waals surface area contributed by atoms with E-state index in [2.05, 4.69) is 4.90 Å². The second kappa shape index (κ2) is 8.81. The molecule has 7 heteroatoms. The molecule has 0 saturated carbocycles. The van der Waals surface area contributed by atoms with Crippen molar-refractivity contribution in [3.05, 3.63) is 34.3 Å². The fourth-order valence-electron chi connectivity index (χ4n) is 4.03. The lowest BCUT2D eigenvalue weighted by molar-refractivity contribution is 0.0473. The molecular formula is C22H29N3O3S. The van der Waals surface area contributed by atoms with E-state index in [1.165, 1.54) is 24.2 Å². The zero-order valence-electron chi connectivity index (χ0n) is 17.2. The molecule has 6 nitrogen and oxygen atoms in total. The molecule has 29 heavy (non-hydrogen) atoms. The Morgan fingerprint density at radius 3 is 2.83 bits per heavy atom. The molecule has 0 amide bonds. The van der Waals surface area contributed by atoms with Gasteiger partial charge in [-0.05, 0) is 63.4 Å². The van der Waals surface area contributed by atoms with Gasteiger partial charge in [-0.2, -0.15) is 0 Å². The first-order chi connectivity index (χ1) is 14.0. The molecule has 4 rings (SSSR count). The number of aliphatic hydroxyl groups excluding tert-OH is 1. The number of likely N-dealkylation sites (tertiary alicyclic amines) is 1. The van der Waals surface area contributed by atoms with E-state index in [0.717, 1.165) is 65.7 Å². The third-order valence-corrected chi connectivity index (χ3v) is 6.96. The van der Waals surface area contributed by atoms with Crippen LogP contribution in [0.15, 0.2) is 18.2 Å². The van der Waals surface area contributed by atoms with Gasteiger partial charge in [0.05, 0.1) is 22.2 Å². The lowest BCUT2D eigenvalue weighted by Gasteiger charge is -2.17. The van der Waals surface area contributed by atoms with E-state index in [0.29, 0.717) is 12.2 Å². The van der Waals surface area contributed by atoms with E-state index < -0.39 is 6.10 Å². The van der Waals surface area contributed by atoms with Gasteiger partial charge in [0.15, 0.2) is 0 Å². The summed E-state index contributed by atoms with van der Waals surface area (Å²) in [5, 5.41) is 11.1. The van der Waals surface area contributed by atoms with Gasteiger partial charge in [0, 0.05) is 31.9 Å². The first-order valence-electron chi connectivity index (χ1n) is 10.4. The molecule has 0 bridgehead atoms. The quantitative estimate of drug-likeness (QED) is 0.729. The Bertz CT molecular complexity index is 874. The third kappa shape index (κ3) is 4.47. The van der Waals surface area contributed by atoms with Crippen LogP contribution in [0.1, 0.15) is 52.7 Å². The van der Waals surface area contributed by atoms with Crippen molar-refractivity contribution in [2.75, 3.05) is 45.2 Å². The summed E-state index contributed by atoms with van der Waals surface area (Å²) >= 11 is 1.50.